The van der Waals surface area contributed by atoms with Crippen LogP contribution in [-0.2, 0) is 0 Å². The molecule has 1 radical (unpaired) electrons. The van der Waals surface area contributed by atoms with Crippen LogP contribution in [0.25, 0.3) is 0 Å². The average Bonchev–Trinajstić information content (AvgIpc) is 2.47. The van der Waals surface area contributed by atoms with E-state index >= 15 is 0 Å². The second kappa shape index (κ2) is 19.5. The van der Waals surface area contributed by atoms with Gasteiger partial charge in [-0.05, 0) is 6.42 Å². The quantitative estimate of drug-likeness (QED) is 0.233. The Balaban J connectivity index is 2.89. The normalized spacial score (nSPS) is 11.1. The summed E-state index contributed by atoms with van der Waals surface area (Å²) >= 11 is 3.37. The van der Waals surface area contributed by atoms with Gasteiger partial charge in [0.2, 0.25) is 0 Å². The Labute approximate surface area is 137 Å². The Morgan fingerprint density at radius 1 is 0.500 bits per heavy atom. The van der Waals surface area contributed by atoms with Gasteiger partial charge < -0.3 is 0 Å². The van der Waals surface area contributed by atoms with E-state index in [1.807, 2.05) is 0 Å². The van der Waals surface area contributed by atoms with Crippen molar-refractivity contribution in [2.45, 2.75) is 116 Å². The van der Waals surface area contributed by atoms with E-state index in [1.165, 1.54) is 109 Å². The van der Waals surface area contributed by atoms with Crippen molar-refractivity contribution in [3.8, 4) is 0 Å². The van der Waals surface area contributed by atoms with Crippen LogP contribution < -0.4 is 0 Å². The Kier molecular flexibility index (Phi) is 19.9. The summed E-state index contributed by atoms with van der Waals surface area (Å²) in [6, 6.07) is 0. The van der Waals surface area contributed by atoms with Crippen LogP contribution in [0.5, 0.6) is 0 Å². The van der Waals surface area contributed by atoms with Gasteiger partial charge in [-0.3, -0.25) is 0 Å². The maximum absolute atomic E-state index is 3.37. The minimum Gasteiger partial charge on any atom is -0.0879 e. The molecule has 121 valence electrons. The van der Waals surface area contributed by atoms with Crippen LogP contribution in [0.15, 0.2) is 0 Å². The smallest absolute Gasteiger partial charge is 0.0271 e. The molecule has 0 saturated heterocycles. The standard InChI is InChI=1S/C19H38Br/c1-2-3-4-5-6-7-8-9-10-11-12-13-14-15-16-17-18-19-20/h19H,2-18H2,1H3. The highest BCUT2D eigenvalue weighted by atomic mass is 79.9. The predicted molar refractivity (Wildman–Crippen MR) is 97.4 cm³/mol. The van der Waals surface area contributed by atoms with E-state index in [0.29, 0.717) is 0 Å². The SMILES string of the molecule is CCCCCCCCCCCCCCCCCC[CH]Br. The Hall–Kier alpha value is 0.480. The van der Waals surface area contributed by atoms with Gasteiger partial charge in [-0.2, -0.15) is 0 Å². The number of halogens is 1. The van der Waals surface area contributed by atoms with Gasteiger partial charge in [0.1, 0.15) is 0 Å². The summed E-state index contributed by atoms with van der Waals surface area (Å²) in [4.78, 5) is 0. The van der Waals surface area contributed by atoms with Gasteiger partial charge in [-0.15, -0.1) is 0 Å². The van der Waals surface area contributed by atoms with Crippen LogP contribution in [0, 0.1) is 5.33 Å². The summed E-state index contributed by atoms with van der Waals surface area (Å²) in [5.41, 5.74) is 0. The number of rotatable bonds is 17. The van der Waals surface area contributed by atoms with Crippen LogP contribution in [0.1, 0.15) is 116 Å². The second-order valence-electron chi connectivity index (χ2n) is 6.25. The lowest BCUT2D eigenvalue weighted by molar-refractivity contribution is 0.530. The van der Waals surface area contributed by atoms with E-state index < -0.39 is 0 Å². The van der Waals surface area contributed by atoms with Gasteiger partial charge in [-0.1, -0.05) is 126 Å². The summed E-state index contributed by atoms with van der Waals surface area (Å²) in [5.74, 6) is 0. The third-order valence-corrected chi connectivity index (χ3v) is 4.62. The first-order valence-electron chi connectivity index (χ1n) is 9.33. The zero-order chi connectivity index (χ0) is 14.7. The van der Waals surface area contributed by atoms with Crippen molar-refractivity contribution in [1.29, 1.82) is 0 Å². The van der Waals surface area contributed by atoms with Crippen molar-refractivity contribution in [3.05, 3.63) is 5.33 Å². The predicted octanol–water partition coefficient (Wildman–Crippen LogP) is 8.19. The lowest BCUT2D eigenvalue weighted by Gasteiger charge is -2.03. The highest BCUT2D eigenvalue weighted by Gasteiger charge is 1.94. The molecule has 0 aromatic heterocycles. The fourth-order valence-electron chi connectivity index (χ4n) is 2.77. The molecule has 0 aromatic rings. The van der Waals surface area contributed by atoms with Crippen LogP contribution >= 0.6 is 15.9 Å². The van der Waals surface area contributed by atoms with Gasteiger partial charge in [0.15, 0.2) is 0 Å². The maximum atomic E-state index is 3.37. The van der Waals surface area contributed by atoms with Gasteiger partial charge in [0, 0.05) is 5.33 Å². The van der Waals surface area contributed by atoms with Crippen molar-refractivity contribution >= 4 is 15.9 Å². The number of hydrogen-bond acceptors (Lipinski definition) is 0. The molecule has 0 atom stereocenters. The van der Waals surface area contributed by atoms with Crippen LogP contribution in [0.2, 0.25) is 0 Å². The first-order chi connectivity index (χ1) is 9.91. The van der Waals surface area contributed by atoms with E-state index in [0.717, 1.165) is 0 Å². The van der Waals surface area contributed by atoms with Crippen molar-refractivity contribution in [3.63, 3.8) is 0 Å². The van der Waals surface area contributed by atoms with E-state index in [2.05, 4.69) is 28.2 Å². The summed E-state index contributed by atoms with van der Waals surface area (Å²) in [6.45, 7) is 2.29. The van der Waals surface area contributed by atoms with Crippen molar-refractivity contribution < 1.29 is 0 Å². The fraction of sp³-hybridized carbons (Fsp3) is 0.947. The molecule has 0 amide bonds. The monoisotopic (exact) mass is 345 g/mol. The molecule has 0 aliphatic rings. The van der Waals surface area contributed by atoms with E-state index in [9.17, 15) is 0 Å². The molecule has 0 fully saturated rings. The van der Waals surface area contributed by atoms with Crippen molar-refractivity contribution in [2.75, 3.05) is 0 Å². The molecule has 0 unspecified atom stereocenters. The summed E-state index contributed by atoms with van der Waals surface area (Å²) < 4.78 is 0. The molecule has 1 heteroatoms. The number of hydrogen-bond donors (Lipinski definition) is 0. The molecule has 20 heavy (non-hydrogen) atoms. The van der Waals surface area contributed by atoms with Crippen molar-refractivity contribution in [2.24, 2.45) is 0 Å². The van der Waals surface area contributed by atoms with Gasteiger partial charge >= 0.3 is 0 Å². The van der Waals surface area contributed by atoms with Crippen LogP contribution in [-0.4, -0.2) is 0 Å². The molecule has 0 bridgehead atoms. The molecule has 0 saturated carbocycles. The third kappa shape index (κ3) is 18.5. The zero-order valence-corrected chi connectivity index (χ0v) is 15.6. The van der Waals surface area contributed by atoms with E-state index in [1.54, 1.807) is 0 Å². The Morgan fingerprint density at radius 2 is 0.800 bits per heavy atom. The molecule has 0 aliphatic carbocycles. The first kappa shape index (κ1) is 20.5. The van der Waals surface area contributed by atoms with Gasteiger partial charge in [0.05, 0.1) is 0 Å². The zero-order valence-electron chi connectivity index (χ0n) is 14.0. The number of unbranched alkanes of at least 4 members (excludes halogenated alkanes) is 16. The van der Waals surface area contributed by atoms with Gasteiger partial charge in [-0.25, -0.2) is 0 Å². The van der Waals surface area contributed by atoms with Crippen LogP contribution in [0.3, 0.4) is 0 Å². The molecule has 0 heterocycles. The summed E-state index contributed by atoms with van der Waals surface area (Å²) in [5, 5.41) is 2.11. The first-order valence-corrected chi connectivity index (χ1v) is 10.2. The summed E-state index contributed by atoms with van der Waals surface area (Å²) in [7, 11) is 0. The molecular formula is C19H38Br. The highest BCUT2D eigenvalue weighted by molar-refractivity contribution is 9.10. The molecule has 0 spiro atoms. The lowest BCUT2D eigenvalue weighted by atomic mass is 10.0. The topological polar surface area (TPSA) is 0 Å². The fourth-order valence-corrected chi connectivity index (χ4v) is 3.09. The largest absolute Gasteiger partial charge is 0.0879 e. The Bertz CT molecular complexity index is 138. The minimum atomic E-state index is 1.23. The molecule has 0 nitrogen and oxygen atoms in total. The van der Waals surface area contributed by atoms with E-state index in [-0.39, 0.29) is 0 Å². The van der Waals surface area contributed by atoms with Crippen LogP contribution in [0.4, 0.5) is 0 Å². The van der Waals surface area contributed by atoms with Crippen molar-refractivity contribution in [1.82, 2.24) is 0 Å². The minimum absolute atomic E-state index is 1.23. The second-order valence-corrected chi connectivity index (χ2v) is 6.89. The van der Waals surface area contributed by atoms with E-state index in [4.69, 9.17) is 0 Å². The molecule has 0 aliphatic heterocycles. The highest BCUT2D eigenvalue weighted by Crippen LogP contribution is 2.14. The molecule has 0 N–H and O–H groups in total. The molecular weight excluding hydrogens is 308 g/mol. The average molecular weight is 346 g/mol. The maximum Gasteiger partial charge on any atom is 0.0271 e. The molecule has 0 aromatic carbocycles. The molecule has 0 rings (SSSR count). The lowest BCUT2D eigenvalue weighted by Crippen LogP contribution is -1.83. The van der Waals surface area contributed by atoms with Gasteiger partial charge in [0.25, 0.3) is 0 Å². The Morgan fingerprint density at radius 3 is 1.10 bits per heavy atom. The summed E-state index contributed by atoms with van der Waals surface area (Å²) in [6.07, 6.45) is 24.5. The third-order valence-electron chi connectivity index (χ3n) is 4.17.